The molecule has 4 aliphatic carbocycles. The summed E-state index contributed by atoms with van der Waals surface area (Å²) in [5.41, 5.74) is 8.24. The molecule has 1 unspecified atom stereocenters. The zero-order valence-electron chi connectivity index (χ0n) is 22.3. The van der Waals surface area contributed by atoms with Gasteiger partial charge in [0.2, 0.25) is 0 Å². The summed E-state index contributed by atoms with van der Waals surface area (Å²) in [6.07, 6.45) is 19.9. The molecule has 3 fully saturated rings. The third-order valence-electron chi connectivity index (χ3n) is 11.1. The summed E-state index contributed by atoms with van der Waals surface area (Å²) < 4.78 is 0. The molecule has 0 radical (unpaired) electrons. The summed E-state index contributed by atoms with van der Waals surface area (Å²) in [4.78, 5) is 24.4. The zero-order chi connectivity index (χ0) is 24.9. The van der Waals surface area contributed by atoms with Crippen molar-refractivity contribution in [3.8, 4) is 0 Å². The average molecular weight is 490 g/mol. The van der Waals surface area contributed by atoms with Crippen LogP contribution in [0.2, 0.25) is 0 Å². The minimum absolute atomic E-state index is 0.0819. The highest BCUT2D eigenvalue weighted by Crippen LogP contribution is 2.66. The van der Waals surface area contributed by atoms with E-state index in [0.29, 0.717) is 16.7 Å². The molecule has 1 aromatic rings. The fraction of sp³-hybridized carbons (Fsp3) is 0.677. The van der Waals surface area contributed by atoms with Crippen LogP contribution in [0.15, 0.2) is 42.3 Å². The number of carbonyl (C=O) groups excluding carboxylic acids is 1. The van der Waals surface area contributed by atoms with Gasteiger partial charge in [0.25, 0.3) is 0 Å². The summed E-state index contributed by atoms with van der Waals surface area (Å²) >= 11 is 0. The van der Waals surface area contributed by atoms with Crippen molar-refractivity contribution < 1.29 is 9.63 Å². The molecule has 194 valence electrons. The number of likely N-dealkylation sites (N-methyl/N-ethyl adjacent to an activating group) is 1. The maximum absolute atomic E-state index is 12.4. The van der Waals surface area contributed by atoms with Crippen LogP contribution >= 0.6 is 0 Å². The lowest BCUT2D eigenvalue weighted by atomic mass is 9.46. The highest BCUT2D eigenvalue weighted by atomic mass is 16.7. The maximum atomic E-state index is 12.4. The first-order chi connectivity index (χ1) is 17.4. The molecule has 5 aliphatic rings. The van der Waals surface area contributed by atoms with E-state index in [1.807, 2.05) is 13.2 Å². The molecular formula is C31H43N3O2. The van der Waals surface area contributed by atoms with E-state index in [9.17, 15) is 4.79 Å². The number of aromatic nitrogens is 1. The largest absolute Gasteiger partial charge is 0.369 e. The Bertz CT molecular complexity index is 1050. The molecule has 6 rings (SSSR count). The molecule has 0 aromatic carbocycles. The quantitative estimate of drug-likeness (QED) is 0.419. The second-order valence-corrected chi connectivity index (χ2v) is 12.8. The van der Waals surface area contributed by atoms with Crippen molar-refractivity contribution in [1.29, 1.82) is 0 Å². The first-order valence-electron chi connectivity index (χ1n) is 14.4. The van der Waals surface area contributed by atoms with E-state index >= 15 is 0 Å². The number of hydrogen-bond acceptors (Lipinski definition) is 5. The Morgan fingerprint density at radius 3 is 2.81 bits per heavy atom. The van der Waals surface area contributed by atoms with Gasteiger partial charge in [-0.2, -0.15) is 5.48 Å². The number of hydrogen-bond donors (Lipinski definition) is 1. The van der Waals surface area contributed by atoms with Gasteiger partial charge in [-0.25, -0.2) is 4.79 Å². The molecule has 36 heavy (non-hydrogen) atoms. The lowest BCUT2D eigenvalue weighted by Gasteiger charge is -2.58. The van der Waals surface area contributed by atoms with E-state index in [1.165, 1.54) is 50.5 Å². The number of nitrogens with one attached hydrogen (secondary N) is 1. The van der Waals surface area contributed by atoms with Crippen molar-refractivity contribution in [2.45, 2.75) is 77.7 Å². The predicted octanol–water partition coefficient (Wildman–Crippen LogP) is 5.80. The van der Waals surface area contributed by atoms with Crippen LogP contribution in [0.25, 0.3) is 5.57 Å². The Kier molecular flexibility index (Phi) is 6.36. The van der Waals surface area contributed by atoms with Crippen LogP contribution in [0.1, 0.15) is 77.2 Å². The van der Waals surface area contributed by atoms with E-state index in [0.717, 1.165) is 43.7 Å². The van der Waals surface area contributed by atoms with Crippen LogP contribution in [-0.2, 0) is 9.63 Å². The number of nitrogens with zero attached hydrogens (tertiary/aromatic N) is 2. The van der Waals surface area contributed by atoms with Crippen LogP contribution in [0, 0.1) is 34.5 Å². The van der Waals surface area contributed by atoms with Crippen LogP contribution in [0.4, 0.5) is 0 Å². The summed E-state index contributed by atoms with van der Waals surface area (Å²) in [6.45, 7) is 6.83. The summed E-state index contributed by atoms with van der Waals surface area (Å²) in [6, 6.07) is 4.25. The molecule has 1 aliphatic heterocycles. The van der Waals surface area contributed by atoms with E-state index in [2.05, 4.69) is 59.7 Å². The smallest absolute Gasteiger partial charge is 0.341 e. The van der Waals surface area contributed by atoms with Crippen molar-refractivity contribution >= 4 is 11.5 Å². The molecule has 0 amide bonds. The van der Waals surface area contributed by atoms with Crippen molar-refractivity contribution in [2.24, 2.45) is 34.5 Å². The van der Waals surface area contributed by atoms with Crippen LogP contribution < -0.4 is 5.48 Å². The third kappa shape index (κ3) is 3.98. The predicted molar refractivity (Wildman–Crippen MR) is 143 cm³/mol. The topological polar surface area (TPSA) is 54.5 Å². The van der Waals surface area contributed by atoms with Gasteiger partial charge in [-0.1, -0.05) is 37.6 Å². The second kappa shape index (κ2) is 9.40. The van der Waals surface area contributed by atoms with Crippen LogP contribution in [0.5, 0.6) is 0 Å². The maximum Gasteiger partial charge on any atom is 0.341 e. The molecule has 1 aromatic heterocycles. The van der Waals surface area contributed by atoms with E-state index in [4.69, 9.17) is 4.84 Å². The average Bonchev–Trinajstić information content (AvgIpc) is 3.47. The van der Waals surface area contributed by atoms with Crippen molar-refractivity contribution in [3.05, 3.63) is 47.8 Å². The fourth-order valence-corrected chi connectivity index (χ4v) is 8.99. The zero-order valence-corrected chi connectivity index (χ0v) is 22.3. The monoisotopic (exact) mass is 489 g/mol. The molecule has 2 saturated carbocycles. The number of rotatable bonds is 5. The number of likely N-dealkylation sites (tertiary alicyclic amines) is 1. The van der Waals surface area contributed by atoms with Gasteiger partial charge in [0.15, 0.2) is 0 Å². The molecule has 2 heterocycles. The SMILES string of the molecule is CN1CCC[C@H]1C(=O)ONCC1C=C2CC[C@H]3[C@H](CC[C@]4(C)C(c5cccnc5)=CC[C@@H]34)[C@@]2(C)CC1. The van der Waals surface area contributed by atoms with Crippen molar-refractivity contribution in [2.75, 3.05) is 20.1 Å². The van der Waals surface area contributed by atoms with E-state index in [1.54, 1.807) is 11.1 Å². The minimum Gasteiger partial charge on any atom is -0.369 e. The highest BCUT2D eigenvalue weighted by Gasteiger charge is 2.57. The summed E-state index contributed by atoms with van der Waals surface area (Å²) in [7, 11) is 2.01. The first-order valence-corrected chi connectivity index (χ1v) is 14.4. The molecular weight excluding hydrogens is 446 g/mol. The Morgan fingerprint density at radius 2 is 2.03 bits per heavy atom. The number of pyridine rings is 1. The number of fused-ring (bicyclic) bond motifs is 5. The van der Waals surface area contributed by atoms with Crippen LogP contribution in [-0.4, -0.2) is 42.0 Å². The van der Waals surface area contributed by atoms with Gasteiger partial charge in [0, 0.05) is 18.9 Å². The standard InChI is InChI=1S/C31H43N3O2/c1-30-14-12-21(19-33-36-29(35)28-7-5-17-34(28)3)18-23(30)8-9-24-26-11-10-25(22-6-4-16-32-20-22)31(26,2)15-13-27(24)30/h4,6,10,16,18,20-21,24,26-28,33H,5,7-9,11-15,17,19H2,1-3H3/t21?,24-,26+,27+,28+,30+,31-/m1/s1. The summed E-state index contributed by atoms with van der Waals surface area (Å²) in [5.74, 6) is 2.71. The minimum atomic E-state index is -0.120. The van der Waals surface area contributed by atoms with Crippen molar-refractivity contribution in [1.82, 2.24) is 15.4 Å². The van der Waals surface area contributed by atoms with Gasteiger partial charge in [0.1, 0.15) is 6.04 Å². The molecule has 1 saturated heterocycles. The van der Waals surface area contributed by atoms with E-state index < -0.39 is 0 Å². The molecule has 1 N–H and O–H groups in total. The molecule has 0 spiro atoms. The fourth-order valence-electron chi connectivity index (χ4n) is 8.99. The number of carbonyl (C=O) groups is 1. The lowest BCUT2D eigenvalue weighted by molar-refractivity contribution is -0.156. The molecule has 5 nitrogen and oxygen atoms in total. The van der Waals surface area contributed by atoms with Crippen molar-refractivity contribution in [3.63, 3.8) is 0 Å². The van der Waals surface area contributed by atoms with Crippen LogP contribution in [0.3, 0.4) is 0 Å². The number of allylic oxidation sites excluding steroid dienone is 3. The first kappa shape index (κ1) is 24.4. The summed E-state index contributed by atoms with van der Waals surface area (Å²) in [5, 5.41) is 0. The highest BCUT2D eigenvalue weighted by molar-refractivity contribution is 5.75. The molecule has 0 bridgehead atoms. The molecule has 7 atom stereocenters. The normalized spacial score (nSPS) is 40.0. The van der Waals surface area contributed by atoms with Gasteiger partial charge < -0.3 is 4.84 Å². The second-order valence-electron chi connectivity index (χ2n) is 12.8. The Morgan fingerprint density at radius 1 is 1.17 bits per heavy atom. The van der Waals surface area contributed by atoms with Gasteiger partial charge in [-0.05, 0) is 123 Å². The third-order valence-corrected chi connectivity index (χ3v) is 11.1. The Balaban J connectivity index is 1.11. The van der Waals surface area contributed by atoms with E-state index in [-0.39, 0.29) is 12.0 Å². The number of hydroxylamine groups is 1. The van der Waals surface area contributed by atoms with Gasteiger partial charge in [0.05, 0.1) is 0 Å². The van der Waals surface area contributed by atoms with Gasteiger partial charge in [-0.3, -0.25) is 9.88 Å². The molecule has 5 heteroatoms. The van der Waals surface area contributed by atoms with Gasteiger partial charge >= 0.3 is 5.97 Å². The van der Waals surface area contributed by atoms with Gasteiger partial charge in [-0.15, -0.1) is 0 Å². The Labute approximate surface area is 216 Å². The lowest BCUT2D eigenvalue weighted by Crippen LogP contribution is -2.50. The Hall–Kier alpha value is -1.98.